The van der Waals surface area contributed by atoms with E-state index in [2.05, 4.69) is 15.4 Å². The summed E-state index contributed by atoms with van der Waals surface area (Å²) in [5, 5.41) is 14.1. The summed E-state index contributed by atoms with van der Waals surface area (Å²) in [5.74, 6) is -0.647. The Morgan fingerprint density at radius 3 is 2.53 bits per heavy atom. The largest absolute Gasteiger partial charge is 0.467 e. The standard InChI is InChI=1S/C11H20N2O4/c1-17-10(15)9(7-14)13-11(16)12-8-5-3-2-4-6-8/h8-9,14H,2-7H2,1H3,(H2,12,13,16). The van der Waals surface area contributed by atoms with Crippen molar-refractivity contribution in [2.24, 2.45) is 0 Å². The Bertz CT molecular complexity index is 264. The second-order valence-corrected chi connectivity index (χ2v) is 4.21. The van der Waals surface area contributed by atoms with Crippen molar-refractivity contribution in [1.29, 1.82) is 0 Å². The van der Waals surface area contributed by atoms with Crippen LogP contribution in [-0.2, 0) is 9.53 Å². The zero-order chi connectivity index (χ0) is 12.7. The van der Waals surface area contributed by atoms with Gasteiger partial charge in [-0.25, -0.2) is 9.59 Å². The molecule has 0 spiro atoms. The summed E-state index contributed by atoms with van der Waals surface area (Å²) < 4.78 is 4.45. The highest BCUT2D eigenvalue weighted by Gasteiger charge is 2.22. The second kappa shape index (κ2) is 7.11. The number of ether oxygens (including phenoxy) is 1. The van der Waals surface area contributed by atoms with E-state index in [-0.39, 0.29) is 6.04 Å². The SMILES string of the molecule is COC(=O)C(CO)NC(=O)NC1CCCCC1. The minimum atomic E-state index is -0.997. The van der Waals surface area contributed by atoms with Gasteiger partial charge in [0.25, 0.3) is 0 Å². The molecule has 0 bridgehead atoms. The van der Waals surface area contributed by atoms with Crippen molar-refractivity contribution in [2.75, 3.05) is 13.7 Å². The number of urea groups is 1. The number of methoxy groups -OCH3 is 1. The molecule has 1 aliphatic rings. The number of nitrogens with one attached hydrogen (secondary N) is 2. The fourth-order valence-corrected chi connectivity index (χ4v) is 1.95. The van der Waals surface area contributed by atoms with Crippen LogP contribution in [0, 0.1) is 0 Å². The van der Waals surface area contributed by atoms with Gasteiger partial charge in [0.1, 0.15) is 0 Å². The van der Waals surface area contributed by atoms with Crippen molar-refractivity contribution in [2.45, 2.75) is 44.2 Å². The highest BCUT2D eigenvalue weighted by Crippen LogP contribution is 2.17. The van der Waals surface area contributed by atoms with E-state index in [4.69, 9.17) is 5.11 Å². The normalized spacial score (nSPS) is 18.2. The zero-order valence-electron chi connectivity index (χ0n) is 10.1. The smallest absolute Gasteiger partial charge is 0.330 e. The summed E-state index contributed by atoms with van der Waals surface area (Å²) >= 11 is 0. The summed E-state index contributed by atoms with van der Waals surface area (Å²) in [6, 6.07) is -1.26. The molecule has 1 atom stereocenters. The molecule has 0 aliphatic heterocycles. The molecule has 0 heterocycles. The topological polar surface area (TPSA) is 87.7 Å². The van der Waals surface area contributed by atoms with Gasteiger partial charge in [0.2, 0.25) is 0 Å². The lowest BCUT2D eigenvalue weighted by molar-refractivity contribution is -0.143. The van der Waals surface area contributed by atoms with Crippen LogP contribution in [0.1, 0.15) is 32.1 Å². The van der Waals surface area contributed by atoms with E-state index in [0.29, 0.717) is 0 Å². The van der Waals surface area contributed by atoms with Crippen molar-refractivity contribution in [3.05, 3.63) is 0 Å². The molecule has 0 saturated heterocycles. The van der Waals surface area contributed by atoms with Crippen molar-refractivity contribution >= 4 is 12.0 Å². The van der Waals surface area contributed by atoms with Crippen molar-refractivity contribution in [3.63, 3.8) is 0 Å². The van der Waals surface area contributed by atoms with Crippen molar-refractivity contribution < 1.29 is 19.4 Å². The fourth-order valence-electron chi connectivity index (χ4n) is 1.95. The molecule has 98 valence electrons. The number of amides is 2. The molecule has 1 aliphatic carbocycles. The first-order chi connectivity index (χ1) is 8.17. The Hall–Kier alpha value is -1.30. The average molecular weight is 244 g/mol. The van der Waals surface area contributed by atoms with Gasteiger partial charge in [-0.05, 0) is 12.8 Å². The van der Waals surface area contributed by atoms with Crippen LogP contribution in [0.25, 0.3) is 0 Å². The van der Waals surface area contributed by atoms with Gasteiger partial charge in [0.15, 0.2) is 6.04 Å². The monoisotopic (exact) mass is 244 g/mol. The van der Waals surface area contributed by atoms with Gasteiger partial charge in [-0.15, -0.1) is 0 Å². The van der Waals surface area contributed by atoms with Gasteiger partial charge in [0.05, 0.1) is 13.7 Å². The van der Waals surface area contributed by atoms with Gasteiger partial charge < -0.3 is 20.5 Å². The van der Waals surface area contributed by atoms with E-state index in [1.807, 2.05) is 0 Å². The molecule has 0 aromatic rings. The molecule has 1 saturated carbocycles. The lowest BCUT2D eigenvalue weighted by atomic mass is 9.96. The highest BCUT2D eigenvalue weighted by atomic mass is 16.5. The molecule has 1 unspecified atom stereocenters. The maximum Gasteiger partial charge on any atom is 0.330 e. The number of esters is 1. The highest BCUT2D eigenvalue weighted by molar-refractivity contribution is 5.83. The first-order valence-electron chi connectivity index (χ1n) is 5.93. The number of rotatable bonds is 4. The Labute approximate surface area is 101 Å². The number of hydrogen-bond acceptors (Lipinski definition) is 4. The molecule has 1 fully saturated rings. The quantitative estimate of drug-likeness (QED) is 0.614. The summed E-state index contributed by atoms with van der Waals surface area (Å²) in [6.07, 6.45) is 5.38. The van der Waals surface area contributed by atoms with Gasteiger partial charge in [0, 0.05) is 6.04 Å². The summed E-state index contributed by atoms with van der Waals surface area (Å²) in [7, 11) is 1.21. The third-order valence-corrected chi connectivity index (χ3v) is 2.91. The molecular weight excluding hydrogens is 224 g/mol. The van der Waals surface area contributed by atoms with E-state index < -0.39 is 24.6 Å². The third kappa shape index (κ3) is 4.60. The first kappa shape index (κ1) is 13.8. The van der Waals surface area contributed by atoms with Gasteiger partial charge in [-0.2, -0.15) is 0 Å². The van der Waals surface area contributed by atoms with Crippen LogP contribution in [0.4, 0.5) is 4.79 Å². The van der Waals surface area contributed by atoms with Crippen molar-refractivity contribution in [3.8, 4) is 0 Å². The Kier molecular flexibility index (Phi) is 5.76. The molecule has 3 N–H and O–H groups in total. The van der Waals surface area contributed by atoms with E-state index in [1.54, 1.807) is 0 Å². The molecule has 0 radical (unpaired) electrons. The maximum absolute atomic E-state index is 11.6. The third-order valence-electron chi connectivity index (χ3n) is 2.91. The van der Waals surface area contributed by atoms with Gasteiger partial charge in [-0.3, -0.25) is 0 Å². The van der Waals surface area contributed by atoms with E-state index >= 15 is 0 Å². The van der Waals surface area contributed by atoms with Crippen LogP contribution in [0.15, 0.2) is 0 Å². The predicted octanol–water partition coefficient (Wildman–Crippen LogP) is 0.152. The van der Waals surface area contributed by atoms with Crippen LogP contribution >= 0.6 is 0 Å². The number of carbonyl (C=O) groups is 2. The summed E-state index contributed by atoms with van der Waals surface area (Å²) in [6.45, 7) is -0.468. The molecule has 1 rings (SSSR count). The zero-order valence-corrected chi connectivity index (χ0v) is 10.1. The Morgan fingerprint density at radius 1 is 1.35 bits per heavy atom. The van der Waals surface area contributed by atoms with Crippen LogP contribution in [-0.4, -0.2) is 42.9 Å². The lowest BCUT2D eigenvalue weighted by Gasteiger charge is -2.24. The maximum atomic E-state index is 11.6. The minimum Gasteiger partial charge on any atom is -0.467 e. The van der Waals surface area contributed by atoms with Gasteiger partial charge in [-0.1, -0.05) is 19.3 Å². The summed E-state index contributed by atoms with van der Waals surface area (Å²) in [4.78, 5) is 22.7. The van der Waals surface area contributed by atoms with Gasteiger partial charge >= 0.3 is 12.0 Å². The molecule has 2 amide bonds. The van der Waals surface area contributed by atoms with E-state index in [9.17, 15) is 9.59 Å². The molecular formula is C11H20N2O4. The van der Waals surface area contributed by atoms with Crippen molar-refractivity contribution in [1.82, 2.24) is 10.6 Å². The summed E-state index contributed by atoms with van der Waals surface area (Å²) in [5.41, 5.74) is 0. The van der Waals surface area contributed by atoms with E-state index in [1.165, 1.54) is 13.5 Å². The molecule has 0 aromatic heterocycles. The minimum absolute atomic E-state index is 0.167. The first-order valence-corrected chi connectivity index (χ1v) is 5.93. The predicted molar refractivity (Wildman–Crippen MR) is 61.4 cm³/mol. The lowest BCUT2D eigenvalue weighted by Crippen LogP contribution is -2.51. The molecule has 17 heavy (non-hydrogen) atoms. The number of aliphatic hydroxyl groups excluding tert-OH is 1. The van der Waals surface area contributed by atoms with Crippen LogP contribution < -0.4 is 10.6 Å². The number of hydrogen-bond donors (Lipinski definition) is 3. The number of carbonyl (C=O) groups excluding carboxylic acids is 2. The van der Waals surface area contributed by atoms with Crippen LogP contribution in [0.2, 0.25) is 0 Å². The fraction of sp³-hybridized carbons (Fsp3) is 0.818. The average Bonchev–Trinajstić information content (AvgIpc) is 2.36. The molecule has 6 heteroatoms. The Morgan fingerprint density at radius 2 is 2.00 bits per heavy atom. The van der Waals surface area contributed by atoms with Crippen LogP contribution in [0.3, 0.4) is 0 Å². The molecule has 0 aromatic carbocycles. The molecule has 6 nitrogen and oxygen atoms in total. The second-order valence-electron chi connectivity index (χ2n) is 4.21. The number of aliphatic hydroxyl groups is 1. The van der Waals surface area contributed by atoms with E-state index in [0.717, 1.165) is 25.7 Å². The van der Waals surface area contributed by atoms with Crippen LogP contribution in [0.5, 0.6) is 0 Å². The Balaban J connectivity index is 2.33.